The number of benzene rings is 1. The summed E-state index contributed by atoms with van der Waals surface area (Å²) in [6.07, 6.45) is 0.461. The van der Waals surface area contributed by atoms with Crippen LogP contribution in [0.1, 0.15) is 6.42 Å². The van der Waals surface area contributed by atoms with Crippen molar-refractivity contribution in [1.29, 1.82) is 0 Å². The third-order valence-corrected chi connectivity index (χ3v) is 2.85. The molecule has 74 valence electrons. The van der Waals surface area contributed by atoms with Gasteiger partial charge in [-0.05, 0) is 35.0 Å². The maximum Gasteiger partial charge on any atom is 0.120 e. The van der Waals surface area contributed by atoms with Gasteiger partial charge in [-0.15, -0.1) is 11.3 Å². The summed E-state index contributed by atoms with van der Waals surface area (Å²) < 4.78 is 18.4. The Labute approximate surface area is 86.1 Å². The van der Waals surface area contributed by atoms with Gasteiger partial charge < -0.3 is 4.74 Å². The van der Waals surface area contributed by atoms with E-state index in [0.717, 1.165) is 5.75 Å². The zero-order chi connectivity index (χ0) is 9.80. The average molecular weight is 210 g/mol. The zero-order valence-electron chi connectivity index (χ0n) is 7.70. The van der Waals surface area contributed by atoms with Gasteiger partial charge in [0.1, 0.15) is 5.75 Å². The first-order chi connectivity index (χ1) is 6.90. The molecule has 0 radical (unpaired) electrons. The van der Waals surface area contributed by atoms with Gasteiger partial charge in [0.2, 0.25) is 0 Å². The number of halogens is 1. The fraction of sp³-hybridized carbons (Fsp3) is 0.273. The van der Waals surface area contributed by atoms with Gasteiger partial charge in [0.25, 0.3) is 0 Å². The minimum absolute atomic E-state index is 0.318. The van der Waals surface area contributed by atoms with E-state index in [1.54, 1.807) is 11.3 Å². The Bertz CT molecular complexity index is 410. The summed E-state index contributed by atoms with van der Waals surface area (Å²) >= 11 is 1.69. The van der Waals surface area contributed by atoms with Crippen LogP contribution >= 0.6 is 11.3 Å². The first-order valence-electron chi connectivity index (χ1n) is 4.56. The third-order valence-electron chi connectivity index (χ3n) is 1.97. The molecule has 0 fully saturated rings. The number of thiophene rings is 1. The van der Waals surface area contributed by atoms with Crippen LogP contribution in [-0.2, 0) is 0 Å². The molecule has 2 aromatic rings. The van der Waals surface area contributed by atoms with Gasteiger partial charge in [-0.3, -0.25) is 4.39 Å². The Morgan fingerprint density at radius 3 is 3.07 bits per heavy atom. The van der Waals surface area contributed by atoms with Crippen LogP contribution in [0.5, 0.6) is 5.75 Å². The summed E-state index contributed by atoms with van der Waals surface area (Å²) in [4.78, 5) is 0. The second kappa shape index (κ2) is 4.42. The van der Waals surface area contributed by atoms with Gasteiger partial charge in [-0.2, -0.15) is 0 Å². The van der Waals surface area contributed by atoms with Gasteiger partial charge in [0.15, 0.2) is 0 Å². The molecule has 0 bridgehead atoms. The minimum atomic E-state index is -0.318. The number of alkyl halides is 1. The Balaban J connectivity index is 2.10. The van der Waals surface area contributed by atoms with E-state index >= 15 is 0 Å². The molecule has 0 aliphatic rings. The van der Waals surface area contributed by atoms with Gasteiger partial charge in [0.05, 0.1) is 13.3 Å². The van der Waals surface area contributed by atoms with Gasteiger partial charge in [-0.25, -0.2) is 0 Å². The molecule has 0 N–H and O–H groups in total. The molecule has 0 aliphatic carbocycles. The molecule has 1 aromatic heterocycles. The van der Waals surface area contributed by atoms with Crippen molar-refractivity contribution >= 4 is 21.4 Å². The quantitative estimate of drug-likeness (QED) is 0.700. The number of hydrogen-bond acceptors (Lipinski definition) is 2. The van der Waals surface area contributed by atoms with Crippen molar-refractivity contribution < 1.29 is 9.13 Å². The smallest absolute Gasteiger partial charge is 0.120 e. The largest absolute Gasteiger partial charge is 0.493 e. The van der Waals surface area contributed by atoms with Gasteiger partial charge >= 0.3 is 0 Å². The highest BCUT2D eigenvalue weighted by molar-refractivity contribution is 7.17. The molecule has 0 atom stereocenters. The van der Waals surface area contributed by atoms with E-state index < -0.39 is 0 Å². The van der Waals surface area contributed by atoms with Crippen molar-refractivity contribution in [2.24, 2.45) is 0 Å². The van der Waals surface area contributed by atoms with Crippen molar-refractivity contribution in [3.05, 3.63) is 29.6 Å². The fourth-order valence-corrected chi connectivity index (χ4v) is 2.09. The second-order valence-electron chi connectivity index (χ2n) is 3.01. The summed E-state index contributed by atoms with van der Waals surface area (Å²) in [5.74, 6) is 0.827. The van der Waals surface area contributed by atoms with Crippen LogP contribution in [0.3, 0.4) is 0 Å². The molecule has 0 saturated carbocycles. The normalized spacial score (nSPS) is 10.6. The highest BCUT2D eigenvalue weighted by Crippen LogP contribution is 2.25. The monoisotopic (exact) mass is 210 g/mol. The minimum Gasteiger partial charge on any atom is -0.493 e. The summed E-state index contributed by atoms with van der Waals surface area (Å²) in [7, 11) is 0. The summed E-state index contributed by atoms with van der Waals surface area (Å²) in [5.41, 5.74) is 0. The van der Waals surface area contributed by atoms with Crippen molar-refractivity contribution in [2.45, 2.75) is 6.42 Å². The fourth-order valence-electron chi connectivity index (χ4n) is 1.27. The maximum absolute atomic E-state index is 11.8. The summed E-state index contributed by atoms with van der Waals surface area (Å²) in [6.45, 7) is 0.134. The molecule has 0 spiro atoms. The molecule has 0 unspecified atom stereocenters. The molecule has 0 aliphatic heterocycles. The molecule has 2 rings (SSSR count). The Morgan fingerprint density at radius 2 is 2.21 bits per heavy atom. The van der Waals surface area contributed by atoms with E-state index in [4.69, 9.17) is 4.74 Å². The van der Waals surface area contributed by atoms with Crippen LogP contribution in [-0.4, -0.2) is 13.3 Å². The van der Waals surface area contributed by atoms with Crippen LogP contribution in [0.2, 0.25) is 0 Å². The maximum atomic E-state index is 11.8. The Hall–Kier alpha value is -1.09. The van der Waals surface area contributed by atoms with Crippen molar-refractivity contribution in [3.63, 3.8) is 0 Å². The Morgan fingerprint density at radius 1 is 1.29 bits per heavy atom. The van der Waals surface area contributed by atoms with Crippen LogP contribution in [0.4, 0.5) is 4.39 Å². The van der Waals surface area contributed by atoms with Crippen LogP contribution in [0.15, 0.2) is 29.6 Å². The molecule has 0 saturated heterocycles. The molecular formula is C11H11FOS. The highest BCUT2D eigenvalue weighted by atomic mass is 32.1. The second-order valence-corrected chi connectivity index (χ2v) is 3.96. The number of rotatable bonds is 4. The van der Waals surface area contributed by atoms with Gasteiger partial charge in [-0.1, -0.05) is 0 Å². The van der Waals surface area contributed by atoms with Crippen molar-refractivity contribution in [2.75, 3.05) is 13.3 Å². The lowest BCUT2D eigenvalue weighted by Gasteiger charge is -2.03. The predicted octanol–water partition coefficient (Wildman–Crippen LogP) is 3.64. The molecule has 1 nitrogen and oxygen atoms in total. The molecule has 1 aromatic carbocycles. The predicted molar refractivity (Wildman–Crippen MR) is 57.9 cm³/mol. The lowest BCUT2D eigenvalue weighted by molar-refractivity contribution is 0.290. The van der Waals surface area contributed by atoms with Crippen LogP contribution in [0.25, 0.3) is 10.1 Å². The van der Waals surface area contributed by atoms with E-state index in [1.165, 1.54) is 10.1 Å². The van der Waals surface area contributed by atoms with E-state index in [0.29, 0.717) is 13.0 Å². The molecule has 3 heteroatoms. The van der Waals surface area contributed by atoms with Crippen LogP contribution < -0.4 is 4.74 Å². The van der Waals surface area contributed by atoms with Crippen molar-refractivity contribution in [3.8, 4) is 5.75 Å². The molecular weight excluding hydrogens is 199 g/mol. The standard InChI is InChI=1S/C11H11FOS/c12-5-1-6-13-10-3-2-9-4-7-14-11(9)8-10/h2-4,7-8H,1,5-6H2. The molecule has 14 heavy (non-hydrogen) atoms. The zero-order valence-corrected chi connectivity index (χ0v) is 8.52. The van der Waals surface area contributed by atoms with E-state index in [2.05, 4.69) is 11.4 Å². The highest BCUT2D eigenvalue weighted by Gasteiger charge is 1.97. The van der Waals surface area contributed by atoms with Crippen molar-refractivity contribution in [1.82, 2.24) is 0 Å². The number of hydrogen-bond donors (Lipinski definition) is 0. The van der Waals surface area contributed by atoms with E-state index in [9.17, 15) is 4.39 Å². The Kier molecular flexibility index (Phi) is 2.99. The molecule has 1 heterocycles. The summed E-state index contributed by atoms with van der Waals surface area (Å²) in [5, 5.41) is 3.28. The van der Waals surface area contributed by atoms with E-state index in [-0.39, 0.29) is 6.67 Å². The number of fused-ring (bicyclic) bond motifs is 1. The lowest BCUT2D eigenvalue weighted by Crippen LogP contribution is -1.97. The first-order valence-corrected chi connectivity index (χ1v) is 5.44. The topological polar surface area (TPSA) is 9.23 Å². The first kappa shape index (κ1) is 9.46. The number of ether oxygens (including phenoxy) is 1. The van der Waals surface area contributed by atoms with Gasteiger partial charge in [0, 0.05) is 11.1 Å². The van der Waals surface area contributed by atoms with E-state index in [1.807, 2.05) is 18.2 Å². The lowest BCUT2D eigenvalue weighted by atomic mass is 10.2. The molecule has 0 amide bonds. The third kappa shape index (κ3) is 2.04. The van der Waals surface area contributed by atoms with Crippen LogP contribution in [0, 0.1) is 0 Å². The average Bonchev–Trinajstić information content (AvgIpc) is 2.65. The summed E-state index contributed by atoms with van der Waals surface area (Å²) in [6, 6.07) is 8.02. The SMILES string of the molecule is FCCCOc1ccc2ccsc2c1.